The number of hydrogen-bond donors (Lipinski definition) is 0. The van der Waals surface area contributed by atoms with Crippen molar-refractivity contribution in [3.63, 3.8) is 0 Å². The highest BCUT2D eigenvalue weighted by molar-refractivity contribution is 7.98. The standard InChI is InChI=1S/C16H16F2N4OS2/c1-4-6-22-14(23)12-9(2)10(3)25-13(12)20-16(22)24-8-11-19-5-7-21(11)15(17)18/h4-5,7,15H,1,6,8H2,2-3H3. The molecule has 25 heavy (non-hydrogen) atoms. The summed E-state index contributed by atoms with van der Waals surface area (Å²) in [6, 6.07) is 0. The second kappa shape index (κ2) is 7.09. The molecule has 0 aromatic carbocycles. The SMILES string of the molecule is C=CCn1c(SCc2nccn2C(F)F)nc2sc(C)c(C)c2c1=O. The van der Waals surface area contributed by atoms with Gasteiger partial charge in [-0.15, -0.1) is 17.9 Å². The first-order chi connectivity index (χ1) is 11.9. The van der Waals surface area contributed by atoms with E-state index in [0.717, 1.165) is 15.0 Å². The van der Waals surface area contributed by atoms with Crippen molar-refractivity contribution in [1.29, 1.82) is 0 Å². The van der Waals surface area contributed by atoms with E-state index in [0.29, 0.717) is 21.9 Å². The number of thioether (sulfide) groups is 1. The van der Waals surface area contributed by atoms with E-state index >= 15 is 0 Å². The summed E-state index contributed by atoms with van der Waals surface area (Å²) >= 11 is 2.68. The van der Waals surface area contributed by atoms with Crippen molar-refractivity contribution in [3.8, 4) is 0 Å². The van der Waals surface area contributed by atoms with Crippen LogP contribution in [0.4, 0.5) is 8.78 Å². The summed E-state index contributed by atoms with van der Waals surface area (Å²) < 4.78 is 28.2. The molecular weight excluding hydrogens is 366 g/mol. The molecule has 0 saturated carbocycles. The van der Waals surface area contributed by atoms with Gasteiger partial charge in [0.15, 0.2) is 5.16 Å². The van der Waals surface area contributed by atoms with Gasteiger partial charge >= 0.3 is 6.55 Å². The average molecular weight is 382 g/mol. The number of allylic oxidation sites excluding steroid dienone is 1. The minimum absolute atomic E-state index is 0.133. The summed E-state index contributed by atoms with van der Waals surface area (Å²) in [5.41, 5.74) is 0.798. The van der Waals surface area contributed by atoms with Gasteiger partial charge < -0.3 is 0 Å². The lowest BCUT2D eigenvalue weighted by Crippen LogP contribution is -2.22. The highest BCUT2D eigenvalue weighted by Crippen LogP contribution is 2.29. The number of nitrogens with zero attached hydrogens (tertiary/aromatic N) is 4. The third kappa shape index (κ3) is 3.25. The number of aromatic nitrogens is 4. The minimum Gasteiger partial charge on any atom is -0.283 e. The molecule has 0 fully saturated rings. The van der Waals surface area contributed by atoms with E-state index in [9.17, 15) is 13.6 Å². The van der Waals surface area contributed by atoms with E-state index in [1.807, 2.05) is 13.8 Å². The molecule has 0 aliphatic rings. The highest BCUT2D eigenvalue weighted by atomic mass is 32.2. The number of aryl methyl sites for hydroxylation is 2. The lowest BCUT2D eigenvalue weighted by atomic mass is 10.2. The number of fused-ring (bicyclic) bond motifs is 1. The lowest BCUT2D eigenvalue weighted by molar-refractivity contribution is 0.0678. The van der Waals surface area contributed by atoms with Gasteiger partial charge in [0.1, 0.15) is 10.7 Å². The molecule has 0 amide bonds. The van der Waals surface area contributed by atoms with Gasteiger partial charge in [-0.05, 0) is 19.4 Å². The molecule has 0 atom stereocenters. The van der Waals surface area contributed by atoms with Crippen molar-refractivity contribution in [1.82, 2.24) is 19.1 Å². The van der Waals surface area contributed by atoms with Crippen LogP contribution in [0, 0.1) is 13.8 Å². The fourth-order valence-corrected chi connectivity index (χ4v) is 4.50. The molecule has 0 N–H and O–H groups in total. The van der Waals surface area contributed by atoms with Gasteiger partial charge in [-0.1, -0.05) is 17.8 Å². The third-order valence-electron chi connectivity index (χ3n) is 3.86. The van der Waals surface area contributed by atoms with Crippen LogP contribution in [0.15, 0.2) is 35.0 Å². The molecule has 132 valence electrons. The zero-order chi connectivity index (χ0) is 18.1. The Kier molecular flexibility index (Phi) is 5.05. The molecule has 3 aromatic heterocycles. The van der Waals surface area contributed by atoms with Crippen molar-refractivity contribution in [2.75, 3.05) is 0 Å². The maximum Gasteiger partial charge on any atom is 0.319 e. The quantitative estimate of drug-likeness (QED) is 0.365. The van der Waals surface area contributed by atoms with Crippen LogP contribution in [0.25, 0.3) is 10.2 Å². The number of rotatable bonds is 6. The number of imidazole rings is 1. The Morgan fingerprint density at radius 3 is 2.88 bits per heavy atom. The third-order valence-corrected chi connectivity index (χ3v) is 5.93. The summed E-state index contributed by atoms with van der Waals surface area (Å²) in [4.78, 5) is 23.1. The Morgan fingerprint density at radius 2 is 2.20 bits per heavy atom. The van der Waals surface area contributed by atoms with Crippen LogP contribution in [-0.4, -0.2) is 19.1 Å². The van der Waals surface area contributed by atoms with E-state index < -0.39 is 6.55 Å². The van der Waals surface area contributed by atoms with Gasteiger partial charge in [0.05, 0.1) is 11.1 Å². The van der Waals surface area contributed by atoms with Crippen LogP contribution >= 0.6 is 23.1 Å². The maximum absolute atomic E-state index is 12.9. The fourth-order valence-electron chi connectivity index (χ4n) is 2.47. The number of thiophene rings is 1. The molecule has 0 aliphatic carbocycles. The summed E-state index contributed by atoms with van der Waals surface area (Å²) in [6.45, 7) is 5.20. The van der Waals surface area contributed by atoms with Gasteiger partial charge in [0.25, 0.3) is 5.56 Å². The Bertz CT molecular complexity index is 990. The Morgan fingerprint density at radius 1 is 1.44 bits per heavy atom. The van der Waals surface area contributed by atoms with Crippen molar-refractivity contribution < 1.29 is 8.78 Å². The highest BCUT2D eigenvalue weighted by Gasteiger charge is 2.18. The van der Waals surface area contributed by atoms with Crippen molar-refractivity contribution >= 4 is 33.3 Å². The summed E-state index contributed by atoms with van der Waals surface area (Å²) in [5.74, 6) is 0.425. The monoisotopic (exact) mass is 382 g/mol. The number of hydrogen-bond acceptors (Lipinski definition) is 5. The van der Waals surface area contributed by atoms with Crippen LogP contribution in [0.5, 0.6) is 0 Å². The summed E-state index contributed by atoms with van der Waals surface area (Å²) in [6.07, 6.45) is 4.19. The molecule has 0 spiro atoms. The van der Waals surface area contributed by atoms with Gasteiger partial charge in [0, 0.05) is 23.8 Å². The van der Waals surface area contributed by atoms with E-state index in [1.54, 1.807) is 6.08 Å². The summed E-state index contributed by atoms with van der Waals surface area (Å²) in [5, 5.41) is 1.09. The largest absolute Gasteiger partial charge is 0.319 e. The fraction of sp³-hybridized carbons (Fsp3) is 0.312. The molecular formula is C16H16F2N4OS2. The Labute approximate surface area is 151 Å². The average Bonchev–Trinajstić information content (AvgIpc) is 3.14. The van der Waals surface area contributed by atoms with Gasteiger partial charge in [-0.3, -0.25) is 13.9 Å². The van der Waals surface area contributed by atoms with Crippen LogP contribution < -0.4 is 5.56 Å². The smallest absolute Gasteiger partial charge is 0.283 e. The van der Waals surface area contributed by atoms with E-state index in [-0.39, 0.29) is 17.1 Å². The number of alkyl halides is 2. The molecule has 0 bridgehead atoms. The first-order valence-electron chi connectivity index (χ1n) is 7.48. The second-order valence-corrected chi connectivity index (χ2v) is 7.52. The first-order valence-corrected chi connectivity index (χ1v) is 9.28. The van der Waals surface area contributed by atoms with Gasteiger partial charge in [-0.2, -0.15) is 8.78 Å². The summed E-state index contributed by atoms with van der Waals surface area (Å²) in [7, 11) is 0. The van der Waals surface area contributed by atoms with Crippen LogP contribution in [0.2, 0.25) is 0 Å². The first kappa shape index (κ1) is 17.8. The zero-order valence-electron chi connectivity index (χ0n) is 13.7. The molecule has 0 aliphatic heterocycles. The van der Waals surface area contributed by atoms with Gasteiger partial charge in [0.2, 0.25) is 0 Å². The number of halogens is 2. The topological polar surface area (TPSA) is 52.7 Å². The molecule has 9 heteroatoms. The van der Waals surface area contributed by atoms with Crippen LogP contribution in [0.1, 0.15) is 22.8 Å². The minimum atomic E-state index is -2.65. The van der Waals surface area contributed by atoms with Crippen LogP contribution in [-0.2, 0) is 12.3 Å². The molecule has 0 saturated heterocycles. The molecule has 3 rings (SSSR count). The van der Waals surface area contributed by atoms with E-state index in [1.165, 1.54) is 40.1 Å². The Balaban J connectivity index is 2.02. The molecule has 3 aromatic rings. The van der Waals surface area contributed by atoms with E-state index in [2.05, 4.69) is 16.5 Å². The normalized spacial score (nSPS) is 11.6. The van der Waals surface area contributed by atoms with Crippen LogP contribution in [0.3, 0.4) is 0 Å². The molecule has 0 radical (unpaired) electrons. The predicted octanol–water partition coefficient (Wildman–Crippen LogP) is 4.14. The predicted molar refractivity (Wildman–Crippen MR) is 96.6 cm³/mol. The lowest BCUT2D eigenvalue weighted by Gasteiger charge is -2.11. The molecule has 0 unspecified atom stereocenters. The van der Waals surface area contributed by atoms with Crippen molar-refractivity contribution in [2.45, 2.75) is 37.9 Å². The maximum atomic E-state index is 12.9. The van der Waals surface area contributed by atoms with E-state index in [4.69, 9.17) is 0 Å². The van der Waals surface area contributed by atoms with Crippen molar-refractivity contribution in [3.05, 3.63) is 51.7 Å². The Hall–Kier alpha value is -2.00. The molecule has 3 heterocycles. The van der Waals surface area contributed by atoms with Crippen molar-refractivity contribution in [2.24, 2.45) is 0 Å². The zero-order valence-corrected chi connectivity index (χ0v) is 15.3. The second-order valence-electron chi connectivity index (χ2n) is 5.38. The van der Waals surface area contributed by atoms with Gasteiger partial charge in [-0.25, -0.2) is 9.97 Å². The molecule has 5 nitrogen and oxygen atoms in total.